The minimum Gasteiger partial charge on any atom is -0.377 e. The van der Waals surface area contributed by atoms with Crippen molar-refractivity contribution in [3.63, 3.8) is 0 Å². The van der Waals surface area contributed by atoms with E-state index >= 15 is 0 Å². The van der Waals surface area contributed by atoms with Gasteiger partial charge in [0.05, 0.1) is 31.3 Å². The molecule has 0 atom stereocenters. The molecule has 0 unspecified atom stereocenters. The average Bonchev–Trinajstić information content (AvgIpc) is 3.31. The van der Waals surface area contributed by atoms with Crippen LogP contribution in [0.5, 0.6) is 0 Å². The summed E-state index contributed by atoms with van der Waals surface area (Å²) in [6.07, 6.45) is -0.639. The quantitative estimate of drug-likeness (QED) is 0.581. The molecule has 4 heterocycles. The molecule has 0 aliphatic carbocycles. The molecule has 2 N–H and O–H groups in total. The minimum absolute atomic E-state index is 0.0136. The van der Waals surface area contributed by atoms with Gasteiger partial charge < -0.3 is 15.4 Å². The van der Waals surface area contributed by atoms with Crippen LogP contribution in [0.2, 0.25) is 0 Å². The first-order valence-corrected chi connectivity index (χ1v) is 9.70. The Labute approximate surface area is 175 Å². The normalized spacial score (nSPS) is 15.0. The van der Waals surface area contributed by atoms with Crippen LogP contribution in [0.1, 0.15) is 38.1 Å². The number of ether oxygens (including phenoxy) is 1. The fraction of sp³-hybridized carbons (Fsp3) is 0.500. The number of hydrogen-bond donors (Lipinski definition) is 2. The topological polar surface area (TPSA) is 108 Å². The smallest absolute Gasteiger partial charge is 0.377 e. The molecule has 0 amide bonds. The van der Waals surface area contributed by atoms with E-state index in [1.807, 2.05) is 13.8 Å². The van der Waals surface area contributed by atoms with Crippen molar-refractivity contribution in [2.45, 2.75) is 38.5 Å². The lowest BCUT2D eigenvalue weighted by Crippen LogP contribution is -2.34. The van der Waals surface area contributed by atoms with Crippen LogP contribution in [0, 0.1) is 0 Å². The van der Waals surface area contributed by atoms with Crippen LogP contribution in [-0.4, -0.2) is 54.5 Å². The van der Waals surface area contributed by atoms with E-state index in [0.29, 0.717) is 24.7 Å². The van der Waals surface area contributed by atoms with Crippen LogP contribution < -0.4 is 10.6 Å². The summed E-state index contributed by atoms with van der Waals surface area (Å²) in [5.74, 6) is 0.268. The van der Waals surface area contributed by atoms with Gasteiger partial charge >= 0.3 is 6.18 Å². The van der Waals surface area contributed by atoms with E-state index in [1.165, 1.54) is 0 Å². The fourth-order valence-electron chi connectivity index (χ4n) is 3.10. The standard InChI is InChI=1S/C18H22F3N9O/c1-4-22-15-12(18(19,20)21)8-23-16(27-15)26-14-7-13(28-29(14)11-9-31-10-11)17(2,3)30-24-5-6-25-30/h5-8,11H,4,9-10H2,1-3H3,(H2,22,23,26,27). The molecule has 10 nitrogen and oxygen atoms in total. The summed E-state index contributed by atoms with van der Waals surface area (Å²) in [4.78, 5) is 9.44. The number of aromatic nitrogens is 7. The lowest BCUT2D eigenvalue weighted by Gasteiger charge is -2.28. The van der Waals surface area contributed by atoms with Crippen molar-refractivity contribution < 1.29 is 17.9 Å². The van der Waals surface area contributed by atoms with Crippen molar-refractivity contribution in [1.82, 2.24) is 34.7 Å². The zero-order valence-electron chi connectivity index (χ0n) is 17.2. The van der Waals surface area contributed by atoms with E-state index in [4.69, 9.17) is 9.84 Å². The second-order valence-electron chi connectivity index (χ2n) is 7.54. The third-order valence-electron chi connectivity index (χ3n) is 4.93. The Balaban J connectivity index is 1.69. The molecule has 0 saturated carbocycles. The van der Waals surface area contributed by atoms with E-state index in [1.54, 1.807) is 34.9 Å². The molecule has 0 bridgehead atoms. The summed E-state index contributed by atoms with van der Waals surface area (Å²) in [6.45, 7) is 6.77. The molecule has 1 aliphatic rings. The van der Waals surface area contributed by atoms with Crippen LogP contribution in [0.4, 0.5) is 30.8 Å². The molecular formula is C18H22F3N9O. The van der Waals surface area contributed by atoms with Gasteiger partial charge in [-0.25, -0.2) is 9.67 Å². The zero-order chi connectivity index (χ0) is 22.2. The van der Waals surface area contributed by atoms with Gasteiger partial charge in [-0.05, 0) is 20.8 Å². The monoisotopic (exact) mass is 437 g/mol. The van der Waals surface area contributed by atoms with E-state index in [9.17, 15) is 13.2 Å². The van der Waals surface area contributed by atoms with Gasteiger partial charge in [0.2, 0.25) is 5.95 Å². The molecular weight excluding hydrogens is 415 g/mol. The van der Waals surface area contributed by atoms with Crippen LogP contribution in [0.3, 0.4) is 0 Å². The number of hydrogen-bond acceptors (Lipinski definition) is 8. The molecule has 13 heteroatoms. The summed E-state index contributed by atoms with van der Waals surface area (Å²) < 4.78 is 46.7. The lowest BCUT2D eigenvalue weighted by atomic mass is 10.0. The lowest BCUT2D eigenvalue weighted by molar-refractivity contribution is -0.137. The largest absolute Gasteiger partial charge is 0.421 e. The SMILES string of the molecule is CCNc1nc(Nc2cc(C(C)(C)n3nccn3)nn2C2COC2)ncc1C(F)(F)F. The van der Waals surface area contributed by atoms with Crippen LogP contribution >= 0.6 is 0 Å². The summed E-state index contributed by atoms with van der Waals surface area (Å²) in [6, 6.07) is 1.77. The Morgan fingerprint density at radius 1 is 1.19 bits per heavy atom. The van der Waals surface area contributed by atoms with Crippen molar-refractivity contribution >= 4 is 17.6 Å². The molecule has 0 aromatic carbocycles. The first-order valence-electron chi connectivity index (χ1n) is 9.70. The summed E-state index contributed by atoms with van der Waals surface area (Å²) in [5, 5.41) is 18.7. The van der Waals surface area contributed by atoms with Crippen molar-refractivity contribution in [1.29, 1.82) is 0 Å². The maximum absolute atomic E-state index is 13.2. The van der Waals surface area contributed by atoms with E-state index in [-0.39, 0.29) is 24.4 Å². The number of rotatable bonds is 7. The van der Waals surface area contributed by atoms with Crippen molar-refractivity contribution in [3.05, 3.63) is 35.9 Å². The van der Waals surface area contributed by atoms with E-state index < -0.39 is 17.3 Å². The fourth-order valence-corrected chi connectivity index (χ4v) is 3.10. The zero-order valence-corrected chi connectivity index (χ0v) is 17.2. The van der Waals surface area contributed by atoms with Crippen LogP contribution in [0.15, 0.2) is 24.7 Å². The number of alkyl halides is 3. The highest BCUT2D eigenvalue weighted by atomic mass is 19.4. The van der Waals surface area contributed by atoms with Gasteiger partial charge in [0.1, 0.15) is 28.8 Å². The second-order valence-corrected chi connectivity index (χ2v) is 7.54. The Morgan fingerprint density at radius 3 is 2.48 bits per heavy atom. The van der Waals surface area contributed by atoms with E-state index in [0.717, 1.165) is 6.20 Å². The second kappa shape index (κ2) is 7.80. The highest BCUT2D eigenvalue weighted by Crippen LogP contribution is 2.35. The first-order chi connectivity index (χ1) is 14.7. The molecule has 1 saturated heterocycles. The van der Waals surface area contributed by atoms with Crippen molar-refractivity contribution in [2.24, 2.45) is 0 Å². The number of halogens is 3. The maximum atomic E-state index is 13.2. The molecule has 4 rings (SSSR count). The molecule has 1 aliphatic heterocycles. The summed E-state index contributed by atoms with van der Waals surface area (Å²) >= 11 is 0. The van der Waals surface area contributed by atoms with E-state index in [2.05, 4.69) is 30.8 Å². The predicted molar refractivity (Wildman–Crippen MR) is 105 cm³/mol. The van der Waals surface area contributed by atoms with Crippen molar-refractivity contribution in [3.8, 4) is 0 Å². The van der Waals surface area contributed by atoms with Crippen LogP contribution in [-0.2, 0) is 16.5 Å². The Kier molecular flexibility index (Phi) is 5.29. The van der Waals surface area contributed by atoms with Gasteiger partial charge in [0.25, 0.3) is 0 Å². The summed E-state index contributed by atoms with van der Waals surface area (Å²) in [7, 11) is 0. The van der Waals surface area contributed by atoms with Gasteiger partial charge in [-0.3, -0.25) is 0 Å². The molecule has 166 valence electrons. The molecule has 1 fully saturated rings. The third-order valence-corrected chi connectivity index (χ3v) is 4.93. The maximum Gasteiger partial charge on any atom is 0.421 e. The molecule has 3 aromatic heterocycles. The Morgan fingerprint density at radius 2 is 1.90 bits per heavy atom. The molecule has 3 aromatic rings. The Hall–Kier alpha value is -3.22. The summed E-state index contributed by atoms with van der Waals surface area (Å²) in [5.41, 5.74) is -0.921. The first kappa shape index (κ1) is 21.0. The van der Waals surface area contributed by atoms with Gasteiger partial charge in [0.15, 0.2) is 0 Å². The van der Waals surface area contributed by atoms with Crippen molar-refractivity contribution in [2.75, 3.05) is 30.4 Å². The van der Waals surface area contributed by atoms with Gasteiger partial charge in [0, 0.05) is 18.8 Å². The van der Waals surface area contributed by atoms with Crippen LogP contribution in [0.25, 0.3) is 0 Å². The third kappa shape index (κ3) is 4.04. The molecule has 0 radical (unpaired) electrons. The highest BCUT2D eigenvalue weighted by Gasteiger charge is 2.36. The number of nitrogens with one attached hydrogen (secondary N) is 2. The Bertz CT molecular complexity index is 1040. The molecule has 31 heavy (non-hydrogen) atoms. The number of anilines is 3. The molecule has 0 spiro atoms. The number of nitrogens with zero attached hydrogens (tertiary/aromatic N) is 7. The highest BCUT2D eigenvalue weighted by molar-refractivity contribution is 5.55. The average molecular weight is 437 g/mol. The van der Waals surface area contributed by atoms with Gasteiger partial charge in [-0.15, -0.1) is 0 Å². The van der Waals surface area contributed by atoms with Gasteiger partial charge in [-0.2, -0.15) is 38.2 Å². The predicted octanol–water partition coefficient (Wildman–Crippen LogP) is 2.81. The minimum atomic E-state index is -4.56. The van der Waals surface area contributed by atoms with Gasteiger partial charge in [-0.1, -0.05) is 0 Å².